The van der Waals surface area contributed by atoms with Crippen molar-refractivity contribution in [3.05, 3.63) is 35.9 Å². The van der Waals surface area contributed by atoms with Gasteiger partial charge in [-0.25, -0.2) is 0 Å². The van der Waals surface area contributed by atoms with Gasteiger partial charge in [0.05, 0.1) is 13.0 Å². The third-order valence-electron chi connectivity index (χ3n) is 3.36. The number of carbonyl (C=O) groups is 2. The van der Waals surface area contributed by atoms with Crippen LogP contribution in [0, 0.1) is 5.92 Å². The molecule has 1 heterocycles. The van der Waals surface area contributed by atoms with E-state index in [1.54, 1.807) is 18.1 Å². The zero-order valence-electron chi connectivity index (χ0n) is 11.3. The molecule has 1 amide bonds. The fraction of sp³-hybridized carbons (Fsp3) is 0.333. The van der Waals surface area contributed by atoms with E-state index in [1.165, 1.54) is 6.08 Å². The van der Waals surface area contributed by atoms with E-state index in [-0.39, 0.29) is 12.5 Å². The van der Waals surface area contributed by atoms with Crippen LogP contribution in [-0.4, -0.2) is 42.1 Å². The third kappa shape index (κ3) is 3.38. The summed E-state index contributed by atoms with van der Waals surface area (Å²) in [6.45, 7) is 0.787. The Kier molecular flexibility index (Phi) is 4.40. The number of carboxylic acids is 1. The van der Waals surface area contributed by atoms with E-state index in [0.717, 1.165) is 11.3 Å². The van der Waals surface area contributed by atoms with Crippen LogP contribution in [0.5, 0.6) is 5.75 Å². The molecule has 0 saturated carbocycles. The van der Waals surface area contributed by atoms with E-state index in [4.69, 9.17) is 9.84 Å². The highest BCUT2D eigenvalue weighted by Gasteiger charge is 2.29. The smallest absolute Gasteiger partial charge is 0.308 e. The molecular formula is C15H17NO4. The minimum atomic E-state index is -0.836. The van der Waals surface area contributed by atoms with Crippen LogP contribution in [-0.2, 0) is 9.59 Å². The number of hydrogen-bond acceptors (Lipinski definition) is 3. The lowest BCUT2D eigenvalue weighted by atomic mass is 10.1. The van der Waals surface area contributed by atoms with Crippen LogP contribution >= 0.6 is 0 Å². The molecule has 106 valence electrons. The Labute approximate surface area is 117 Å². The van der Waals surface area contributed by atoms with Gasteiger partial charge in [-0.2, -0.15) is 0 Å². The molecular weight excluding hydrogens is 258 g/mol. The highest BCUT2D eigenvalue weighted by Crippen LogP contribution is 2.17. The third-order valence-corrected chi connectivity index (χ3v) is 3.36. The van der Waals surface area contributed by atoms with Crippen molar-refractivity contribution in [3.63, 3.8) is 0 Å². The summed E-state index contributed by atoms with van der Waals surface area (Å²) in [5, 5.41) is 8.91. The van der Waals surface area contributed by atoms with Crippen LogP contribution in [0.1, 0.15) is 12.0 Å². The molecule has 0 radical (unpaired) electrons. The number of rotatable bonds is 4. The molecule has 5 heteroatoms. The molecule has 20 heavy (non-hydrogen) atoms. The van der Waals surface area contributed by atoms with Gasteiger partial charge in [-0.15, -0.1) is 0 Å². The van der Waals surface area contributed by atoms with Crippen LogP contribution < -0.4 is 4.74 Å². The molecule has 0 aliphatic carbocycles. The molecule has 0 spiro atoms. The average molecular weight is 275 g/mol. The average Bonchev–Trinajstić information content (AvgIpc) is 2.95. The molecule has 2 rings (SSSR count). The van der Waals surface area contributed by atoms with Gasteiger partial charge in [-0.1, -0.05) is 12.1 Å². The van der Waals surface area contributed by atoms with Crippen molar-refractivity contribution in [3.8, 4) is 5.75 Å². The molecule has 1 saturated heterocycles. The van der Waals surface area contributed by atoms with Gasteiger partial charge >= 0.3 is 5.97 Å². The molecule has 1 atom stereocenters. The van der Waals surface area contributed by atoms with Crippen molar-refractivity contribution in [1.29, 1.82) is 0 Å². The maximum Gasteiger partial charge on any atom is 0.308 e. The lowest BCUT2D eigenvalue weighted by Crippen LogP contribution is -2.28. The van der Waals surface area contributed by atoms with Gasteiger partial charge in [0.25, 0.3) is 0 Å². The van der Waals surface area contributed by atoms with Crippen molar-refractivity contribution < 1.29 is 19.4 Å². The van der Waals surface area contributed by atoms with Crippen molar-refractivity contribution in [2.45, 2.75) is 6.42 Å². The number of aliphatic carboxylic acids is 1. The van der Waals surface area contributed by atoms with Crippen LogP contribution in [0.4, 0.5) is 0 Å². The number of nitrogens with zero attached hydrogens (tertiary/aromatic N) is 1. The van der Waals surface area contributed by atoms with E-state index < -0.39 is 11.9 Å². The minimum absolute atomic E-state index is 0.156. The summed E-state index contributed by atoms with van der Waals surface area (Å²) in [6, 6.07) is 7.38. The Morgan fingerprint density at radius 2 is 2.25 bits per heavy atom. The summed E-state index contributed by atoms with van der Waals surface area (Å²) in [5.74, 6) is -0.704. The quantitative estimate of drug-likeness (QED) is 0.848. The van der Waals surface area contributed by atoms with Crippen molar-refractivity contribution in [2.24, 2.45) is 5.92 Å². The van der Waals surface area contributed by atoms with Crippen molar-refractivity contribution in [2.75, 3.05) is 20.2 Å². The molecule has 1 aliphatic heterocycles. The first-order chi connectivity index (χ1) is 9.60. The van der Waals surface area contributed by atoms with E-state index in [1.807, 2.05) is 24.3 Å². The molecule has 0 aromatic heterocycles. The highest BCUT2D eigenvalue weighted by molar-refractivity contribution is 5.92. The van der Waals surface area contributed by atoms with Crippen LogP contribution in [0.2, 0.25) is 0 Å². The standard InChI is InChI=1S/C15H17NO4/c1-20-13-4-2-3-11(9-13)5-6-14(17)16-8-7-12(10-16)15(18)19/h2-6,9,12H,7-8,10H2,1H3,(H,18,19). The van der Waals surface area contributed by atoms with E-state index in [9.17, 15) is 9.59 Å². The number of carboxylic acid groups (broad SMARTS) is 1. The lowest BCUT2D eigenvalue weighted by Gasteiger charge is -2.12. The van der Waals surface area contributed by atoms with Crippen LogP contribution in [0.3, 0.4) is 0 Å². The second-order valence-corrected chi connectivity index (χ2v) is 4.72. The minimum Gasteiger partial charge on any atom is -0.497 e. The molecule has 1 aliphatic rings. The second kappa shape index (κ2) is 6.23. The number of benzene rings is 1. The Morgan fingerprint density at radius 1 is 1.45 bits per heavy atom. The molecule has 5 nitrogen and oxygen atoms in total. The van der Waals surface area contributed by atoms with Gasteiger partial charge < -0.3 is 14.7 Å². The number of carbonyl (C=O) groups excluding carboxylic acids is 1. The van der Waals surface area contributed by atoms with Gasteiger partial charge in [0.2, 0.25) is 5.91 Å². The summed E-state index contributed by atoms with van der Waals surface area (Å²) in [4.78, 5) is 24.4. The summed E-state index contributed by atoms with van der Waals surface area (Å²) in [5.41, 5.74) is 0.867. The molecule has 1 N–H and O–H groups in total. The predicted octanol–water partition coefficient (Wildman–Crippen LogP) is 1.64. The monoisotopic (exact) mass is 275 g/mol. The Bertz CT molecular complexity index is 538. The van der Waals surface area contributed by atoms with Gasteiger partial charge in [0, 0.05) is 19.2 Å². The van der Waals surface area contributed by atoms with Gasteiger partial charge in [0.15, 0.2) is 0 Å². The van der Waals surface area contributed by atoms with Crippen LogP contribution in [0.25, 0.3) is 6.08 Å². The first-order valence-electron chi connectivity index (χ1n) is 6.44. The van der Waals surface area contributed by atoms with Crippen molar-refractivity contribution >= 4 is 18.0 Å². The highest BCUT2D eigenvalue weighted by atomic mass is 16.5. The predicted molar refractivity (Wildman–Crippen MR) is 74.4 cm³/mol. The molecule has 0 bridgehead atoms. The lowest BCUT2D eigenvalue weighted by molar-refractivity contribution is -0.141. The molecule has 1 unspecified atom stereocenters. The number of likely N-dealkylation sites (tertiary alicyclic amines) is 1. The normalized spacial score (nSPS) is 18.4. The summed E-state index contributed by atoms with van der Waals surface area (Å²) in [7, 11) is 1.59. The van der Waals surface area contributed by atoms with Gasteiger partial charge in [-0.3, -0.25) is 9.59 Å². The topological polar surface area (TPSA) is 66.8 Å². The van der Waals surface area contributed by atoms with Gasteiger partial charge in [-0.05, 0) is 30.2 Å². The van der Waals surface area contributed by atoms with Gasteiger partial charge in [0.1, 0.15) is 5.75 Å². The summed E-state index contributed by atoms with van der Waals surface area (Å²) >= 11 is 0. The van der Waals surface area contributed by atoms with E-state index in [0.29, 0.717) is 13.0 Å². The Morgan fingerprint density at radius 3 is 2.90 bits per heavy atom. The molecule has 1 aromatic carbocycles. The van der Waals surface area contributed by atoms with E-state index >= 15 is 0 Å². The second-order valence-electron chi connectivity index (χ2n) is 4.72. The fourth-order valence-corrected chi connectivity index (χ4v) is 2.18. The summed E-state index contributed by atoms with van der Waals surface area (Å²) in [6.07, 6.45) is 3.70. The maximum atomic E-state index is 12.0. The van der Waals surface area contributed by atoms with E-state index in [2.05, 4.69) is 0 Å². The first kappa shape index (κ1) is 14.1. The zero-order valence-corrected chi connectivity index (χ0v) is 11.3. The van der Waals surface area contributed by atoms with Crippen LogP contribution in [0.15, 0.2) is 30.3 Å². The Balaban J connectivity index is 1.97. The number of ether oxygens (including phenoxy) is 1. The molecule has 1 aromatic rings. The molecule has 1 fully saturated rings. The Hall–Kier alpha value is -2.30. The number of hydrogen-bond donors (Lipinski definition) is 1. The largest absolute Gasteiger partial charge is 0.497 e. The fourth-order valence-electron chi connectivity index (χ4n) is 2.18. The number of methoxy groups -OCH3 is 1. The summed E-state index contributed by atoms with van der Waals surface area (Å²) < 4.78 is 5.11. The number of amides is 1. The first-order valence-corrected chi connectivity index (χ1v) is 6.44. The van der Waals surface area contributed by atoms with Crippen molar-refractivity contribution in [1.82, 2.24) is 4.90 Å². The maximum absolute atomic E-state index is 12.0. The zero-order chi connectivity index (χ0) is 14.5. The SMILES string of the molecule is COc1cccc(C=CC(=O)N2CCC(C(=O)O)C2)c1.